The molecule has 0 saturated heterocycles. The van der Waals surface area contributed by atoms with Gasteiger partial charge in [0, 0.05) is 0 Å². The number of hydrogen-bond donors (Lipinski definition) is 2. The maximum atomic E-state index is 12.1. The summed E-state index contributed by atoms with van der Waals surface area (Å²) >= 11 is 1.37. The van der Waals surface area contributed by atoms with Crippen LogP contribution in [0.4, 0.5) is 10.7 Å². The zero-order chi connectivity index (χ0) is 13.4. The summed E-state index contributed by atoms with van der Waals surface area (Å²) in [6, 6.07) is 10.8. The quantitative estimate of drug-likeness (QED) is 0.826. The Labute approximate surface area is 114 Å². The Balaban J connectivity index is 1.95. The van der Waals surface area contributed by atoms with Crippen LogP contribution >= 0.6 is 11.3 Å². The Morgan fingerprint density at radius 3 is 2.68 bits per heavy atom. The van der Waals surface area contributed by atoms with Gasteiger partial charge in [-0.05, 0) is 18.6 Å². The predicted octanol–water partition coefficient (Wildman–Crippen LogP) is 3.06. The van der Waals surface area contributed by atoms with Crippen LogP contribution in [-0.2, 0) is 4.79 Å². The highest BCUT2D eigenvalue weighted by atomic mass is 32.1. The van der Waals surface area contributed by atoms with Gasteiger partial charge >= 0.3 is 0 Å². The van der Waals surface area contributed by atoms with Gasteiger partial charge in [-0.15, -0.1) is 11.3 Å². The Kier molecular flexibility index (Phi) is 2.83. The van der Waals surface area contributed by atoms with E-state index in [1.54, 1.807) is 6.07 Å². The molecule has 1 aliphatic heterocycles. The number of nitrogens with one attached hydrogen (secondary N) is 2. The summed E-state index contributed by atoms with van der Waals surface area (Å²) < 4.78 is 0. The van der Waals surface area contributed by atoms with Crippen molar-refractivity contribution < 1.29 is 9.59 Å². The molecule has 5 heteroatoms. The number of hydrogen-bond acceptors (Lipinski definition) is 4. The lowest BCUT2D eigenvalue weighted by atomic mass is 10.0. The number of thiophene rings is 1. The van der Waals surface area contributed by atoms with Crippen LogP contribution in [0.1, 0.15) is 28.2 Å². The zero-order valence-electron chi connectivity index (χ0n) is 10.3. The lowest BCUT2D eigenvalue weighted by Gasteiger charge is -2.24. The molecule has 0 bridgehead atoms. The molecular formula is C14H12N2O2S. The molecule has 0 aliphatic carbocycles. The van der Waals surface area contributed by atoms with Crippen molar-refractivity contribution in [3.05, 3.63) is 46.8 Å². The first-order valence-corrected chi connectivity index (χ1v) is 6.74. The second-order valence-corrected chi connectivity index (χ2v) is 5.44. The van der Waals surface area contributed by atoms with Crippen molar-refractivity contribution >= 4 is 33.7 Å². The van der Waals surface area contributed by atoms with Crippen LogP contribution in [0.2, 0.25) is 0 Å². The minimum Gasteiger partial charge on any atom is -0.360 e. The van der Waals surface area contributed by atoms with Crippen LogP contribution in [0.5, 0.6) is 0 Å². The molecule has 3 rings (SSSR count). The fraction of sp³-hybridized carbons (Fsp3) is 0.143. The highest BCUT2D eigenvalue weighted by Gasteiger charge is 2.28. The van der Waals surface area contributed by atoms with Crippen molar-refractivity contribution in [2.75, 3.05) is 10.6 Å². The van der Waals surface area contributed by atoms with Gasteiger partial charge in [0.1, 0.15) is 11.0 Å². The van der Waals surface area contributed by atoms with Crippen LogP contribution in [-0.4, -0.2) is 11.7 Å². The third kappa shape index (κ3) is 2.13. The Morgan fingerprint density at radius 1 is 1.26 bits per heavy atom. The first-order valence-electron chi connectivity index (χ1n) is 5.92. The van der Waals surface area contributed by atoms with E-state index in [9.17, 15) is 9.59 Å². The van der Waals surface area contributed by atoms with Crippen LogP contribution in [0, 0.1) is 0 Å². The van der Waals surface area contributed by atoms with Gasteiger partial charge in [-0.1, -0.05) is 30.3 Å². The van der Waals surface area contributed by atoms with Crippen molar-refractivity contribution in [3.8, 4) is 0 Å². The second kappa shape index (κ2) is 4.51. The van der Waals surface area contributed by atoms with E-state index in [1.807, 2.05) is 30.3 Å². The fourth-order valence-electron chi connectivity index (χ4n) is 2.05. The van der Waals surface area contributed by atoms with E-state index >= 15 is 0 Å². The summed E-state index contributed by atoms with van der Waals surface area (Å²) in [5.41, 5.74) is 1.59. The molecule has 4 nitrogen and oxygen atoms in total. The first kappa shape index (κ1) is 11.9. The van der Waals surface area contributed by atoms with Crippen molar-refractivity contribution in [2.45, 2.75) is 13.0 Å². The normalized spacial score (nSPS) is 17.3. The van der Waals surface area contributed by atoms with E-state index < -0.39 is 6.04 Å². The van der Waals surface area contributed by atoms with Gasteiger partial charge in [0.15, 0.2) is 5.78 Å². The SMILES string of the molecule is CC(=O)c1cc2c(s1)NC(c1ccccc1)C(=O)N2. The van der Waals surface area contributed by atoms with E-state index in [0.717, 1.165) is 10.6 Å². The van der Waals surface area contributed by atoms with Crippen LogP contribution < -0.4 is 10.6 Å². The van der Waals surface area contributed by atoms with E-state index in [4.69, 9.17) is 0 Å². The topological polar surface area (TPSA) is 58.2 Å². The molecule has 0 radical (unpaired) electrons. The Morgan fingerprint density at radius 2 is 2.00 bits per heavy atom. The zero-order valence-corrected chi connectivity index (χ0v) is 11.1. The van der Waals surface area contributed by atoms with Gasteiger partial charge in [0.2, 0.25) is 0 Å². The number of rotatable bonds is 2. The Bertz CT molecular complexity index is 649. The highest BCUT2D eigenvalue weighted by molar-refractivity contribution is 7.18. The van der Waals surface area contributed by atoms with Crippen molar-refractivity contribution in [1.82, 2.24) is 0 Å². The minimum atomic E-state index is -0.410. The molecule has 0 saturated carbocycles. The summed E-state index contributed by atoms with van der Waals surface area (Å²) in [6.45, 7) is 1.52. The summed E-state index contributed by atoms with van der Waals surface area (Å²) in [4.78, 5) is 24.1. The van der Waals surface area contributed by atoms with E-state index in [0.29, 0.717) is 10.6 Å². The maximum Gasteiger partial charge on any atom is 0.251 e. The van der Waals surface area contributed by atoms with Crippen molar-refractivity contribution in [3.63, 3.8) is 0 Å². The number of carbonyl (C=O) groups is 2. The molecule has 96 valence electrons. The van der Waals surface area contributed by atoms with Crippen molar-refractivity contribution in [2.24, 2.45) is 0 Å². The molecule has 2 heterocycles. The smallest absolute Gasteiger partial charge is 0.251 e. The molecule has 1 unspecified atom stereocenters. The number of ketones is 1. The first-order chi connectivity index (χ1) is 9.15. The van der Waals surface area contributed by atoms with Crippen LogP contribution in [0.15, 0.2) is 36.4 Å². The van der Waals surface area contributed by atoms with Gasteiger partial charge in [0.05, 0.1) is 10.6 Å². The van der Waals surface area contributed by atoms with Gasteiger partial charge in [-0.2, -0.15) is 0 Å². The summed E-state index contributed by atoms with van der Waals surface area (Å²) in [6.07, 6.45) is 0. The van der Waals surface area contributed by atoms with Gasteiger partial charge in [-0.3, -0.25) is 9.59 Å². The summed E-state index contributed by atoms with van der Waals surface area (Å²) in [5.74, 6) is -0.0988. The molecular weight excluding hydrogens is 260 g/mol. The van der Waals surface area contributed by atoms with Gasteiger partial charge in [0.25, 0.3) is 5.91 Å². The number of anilines is 2. The van der Waals surface area contributed by atoms with E-state index in [1.165, 1.54) is 18.3 Å². The molecule has 1 aliphatic rings. The highest BCUT2D eigenvalue weighted by Crippen LogP contribution is 2.39. The number of carbonyl (C=O) groups excluding carboxylic acids is 2. The molecule has 19 heavy (non-hydrogen) atoms. The summed E-state index contributed by atoms with van der Waals surface area (Å²) in [7, 11) is 0. The number of fused-ring (bicyclic) bond motifs is 1. The van der Waals surface area contributed by atoms with E-state index in [2.05, 4.69) is 10.6 Å². The number of benzene rings is 1. The van der Waals surface area contributed by atoms with Gasteiger partial charge in [-0.25, -0.2) is 0 Å². The molecule has 1 aromatic heterocycles. The molecule has 2 aromatic rings. The monoisotopic (exact) mass is 272 g/mol. The standard InChI is InChI=1S/C14H12N2O2S/c1-8(17)11-7-10-14(19-11)16-12(13(18)15-10)9-5-3-2-4-6-9/h2-7,12,16H,1H3,(H,15,18). The average molecular weight is 272 g/mol. The molecule has 1 amide bonds. The van der Waals surface area contributed by atoms with Crippen LogP contribution in [0.3, 0.4) is 0 Å². The molecule has 0 spiro atoms. The van der Waals surface area contributed by atoms with Crippen LogP contribution in [0.25, 0.3) is 0 Å². The van der Waals surface area contributed by atoms with Crippen molar-refractivity contribution in [1.29, 1.82) is 0 Å². The summed E-state index contributed by atoms with van der Waals surface area (Å²) in [5, 5.41) is 6.87. The second-order valence-electron chi connectivity index (χ2n) is 4.39. The lowest BCUT2D eigenvalue weighted by Crippen LogP contribution is -2.30. The molecule has 2 N–H and O–H groups in total. The van der Waals surface area contributed by atoms with E-state index in [-0.39, 0.29) is 11.7 Å². The number of amides is 1. The third-order valence-corrected chi connectivity index (χ3v) is 4.17. The average Bonchev–Trinajstić information content (AvgIpc) is 2.82. The predicted molar refractivity (Wildman–Crippen MR) is 75.8 cm³/mol. The third-order valence-electron chi connectivity index (χ3n) is 3.01. The Hall–Kier alpha value is -2.14. The minimum absolute atomic E-state index is 0.00621. The maximum absolute atomic E-state index is 12.1. The number of Topliss-reactive ketones (excluding diaryl/α,β-unsaturated/α-hetero) is 1. The molecule has 0 fully saturated rings. The van der Waals surface area contributed by atoms with Gasteiger partial charge < -0.3 is 10.6 Å². The fourth-order valence-corrected chi connectivity index (χ4v) is 2.98. The molecule has 1 atom stereocenters. The largest absolute Gasteiger partial charge is 0.360 e. The molecule has 1 aromatic carbocycles. The lowest BCUT2D eigenvalue weighted by molar-refractivity contribution is -0.117.